The minimum atomic E-state index is -0.248. The molecule has 6 nitrogen and oxygen atoms in total. The van der Waals surface area contributed by atoms with Crippen LogP contribution in [0.15, 0.2) is 70.3 Å². The molecule has 158 valence electrons. The average molecular weight is 518 g/mol. The number of nitrogens with one attached hydrogen (secondary N) is 2. The van der Waals surface area contributed by atoms with Gasteiger partial charge in [0.1, 0.15) is 17.6 Å². The number of rotatable bonds is 4. The van der Waals surface area contributed by atoms with Crippen LogP contribution in [0.5, 0.6) is 5.75 Å². The molecule has 1 unspecified atom stereocenters. The van der Waals surface area contributed by atoms with E-state index < -0.39 is 0 Å². The maximum Gasteiger partial charge on any atom is 0.226 e. The van der Waals surface area contributed by atoms with Crippen LogP contribution in [0.2, 0.25) is 0 Å². The quantitative estimate of drug-likeness (QED) is 0.291. The van der Waals surface area contributed by atoms with Crippen LogP contribution in [-0.2, 0) is 6.54 Å². The van der Waals surface area contributed by atoms with Crippen LogP contribution in [0.4, 0.5) is 0 Å². The van der Waals surface area contributed by atoms with Crippen LogP contribution in [0.3, 0.4) is 0 Å². The monoisotopic (exact) mass is 518 g/mol. The summed E-state index contributed by atoms with van der Waals surface area (Å²) < 4.78 is 11.7. The van der Waals surface area contributed by atoms with Crippen molar-refractivity contribution in [3.63, 3.8) is 0 Å². The summed E-state index contributed by atoms with van der Waals surface area (Å²) in [5.41, 5.74) is 2.67. The summed E-state index contributed by atoms with van der Waals surface area (Å²) in [4.78, 5) is 8.94. The molecule has 0 aliphatic carbocycles. The predicted molar refractivity (Wildman–Crippen MR) is 129 cm³/mol. The Morgan fingerprint density at radius 2 is 1.87 bits per heavy atom. The molecule has 1 atom stereocenters. The third-order valence-electron chi connectivity index (χ3n) is 4.92. The Hall–Kier alpha value is -2.55. The summed E-state index contributed by atoms with van der Waals surface area (Å²) in [6.07, 6.45) is 2.52. The zero-order valence-electron chi connectivity index (χ0n) is 17.4. The highest BCUT2D eigenvalue weighted by molar-refractivity contribution is 14.0. The minimum absolute atomic E-state index is 0. The van der Waals surface area contributed by atoms with Crippen LogP contribution < -0.4 is 15.4 Å². The third kappa shape index (κ3) is 5.13. The molecule has 0 radical (unpaired) electrons. The number of fused-ring (bicyclic) bond motifs is 1. The van der Waals surface area contributed by atoms with Crippen molar-refractivity contribution in [1.29, 1.82) is 0 Å². The molecule has 2 heterocycles. The zero-order chi connectivity index (χ0) is 20.3. The Morgan fingerprint density at radius 3 is 2.63 bits per heavy atom. The van der Waals surface area contributed by atoms with E-state index in [1.807, 2.05) is 48.5 Å². The summed E-state index contributed by atoms with van der Waals surface area (Å²) in [7, 11) is 1.77. The van der Waals surface area contributed by atoms with Crippen molar-refractivity contribution in [2.24, 2.45) is 4.99 Å². The van der Waals surface area contributed by atoms with Crippen molar-refractivity contribution in [1.82, 2.24) is 15.6 Å². The van der Waals surface area contributed by atoms with E-state index in [9.17, 15) is 0 Å². The lowest BCUT2D eigenvalue weighted by Crippen LogP contribution is -2.45. The zero-order valence-corrected chi connectivity index (χ0v) is 19.7. The van der Waals surface area contributed by atoms with Crippen LogP contribution in [0.1, 0.15) is 37.6 Å². The topological polar surface area (TPSA) is 71.7 Å². The highest BCUT2D eigenvalue weighted by Gasteiger charge is 2.33. The van der Waals surface area contributed by atoms with Gasteiger partial charge in [-0.05, 0) is 32.0 Å². The number of hydrogen-bond acceptors (Lipinski definition) is 4. The largest absolute Gasteiger partial charge is 0.487 e. The van der Waals surface area contributed by atoms with Gasteiger partial charge in [-0.1, -0.05) is 36.4 Å². The van der Waals surface area contributed by atoms with Gasteiger partial charge in [0.05, 0.1) is 18.3 Å². The van der Waals surface area contributed by atoms with E-state index in [4.69, 9.17) is 9.15 Å². The Balaban J connectivity index is 0.00000256. The molecule has 1 aromatic heterocycles. The minimum Gasteiger partial charge on any atom is -0.487 e. The molecule has 1 aliphatic rings. The predicted octanol–water partition coefficient (Wildman–Crippen LogP) is 4.93. The highest BCUT2D eigenvalue weighted by atomic mass is 127. The van der Waals surface area contributed by atoms with Gasteiger partial charge in [-0.3, -0.25) is 4.99 Å². The van der Waals surface area contributed by atoms with Gasteiger partial charge in [-0.25, -0.2) is 4.98 Å². The molecule has 2 N–H and O–H groups in total. The van der Waals surface area contributed by atoms with Crippen molar-refractivity contribution in [3.05, 3.63) is 72.1 Å². The van der Waals surface area contributed by atoms with E-state index in [1.54, 1.807) is 13.3 Å². The van der Waals surface area contributed by atoms with Crippen LogP contribution in [0, 0.1) is 0 Å². The molecule has 0 bridgehead atoms. The van der Waals surface area contributed by atoms with Gasteiger partial charge in [0.15, 0.2) is 5.96 Å². The molecule has 0 saturated heterocycles. The van der Waals surface area contributed by atoms with E-state index >= 15 is 0 Å². The van der Waals surface area contributed by atoms with Gasteiger partial charge in [0, 0.05) is 24.6 Å². The number of oxazole rings is 1. The number of para-hydroxylation sites is 1. The SMILES string of the molecule is CN=C(NCc1coc(-c2ccccc2)n1)NC1CC(C)(C)Oc2ccccc21.I. The van der Waals surface area contributed by atoms with Crippen molar-refractivity contribution in [3.8, 4) is 17.2 Å². The molecule has 7 heteroatoms. The molecular weight excluding hydrogens is 491 g/mol. The van der Waals surface area contributed by atoms with Crippen molar-refractivity contribution in [2.75, 3.05) is 7.05 Å². The Labute approximate surface area is 194 Å². The van der Waals surface area contributed by atoms with Crippen LogP contribution in [0.25, 0.3) is 11.5 Å². The summed E-state index contributed by atoms with van der Waals surface area (Å²) in [6, 6.07) is 18.1. The number of nitrogens with zero attached hydrogens (tertiary/aromatic N) is 2. The van der Waals surface area contributed by atoms with Gasteiger partial charge in [-0.15, -0.1) is 24.0 Å². The summed E-state index contributed by atoms with van der Waals surface area (Å²) in [5.74, 6) is 2.25. The molecule has 0 amide bonds. The summed E-state index contributed by atoms with van der Waals surface area (Å²) in [6.45, 7) is 4.73. The molecule has 3 aromatic rings. The first-order chi connectivity index (χ1) is 14.0. The maximum absolute atomic E-state index is 6.12. The van der Waals surface area contributed by atoms with Gasteiger partial charge in [-0.2, -0.15) is 0 Å². The molecular formula is C23H27IN4O2. The summed E-state index contributed by atoms with van der Waals surface area (Å²) in [5, 5.41) is 6.86. The van der Waals surface area contributed by atoms with Gasteiger partial charge in [0.2, 0.25) is 5.89 Å². The van der Waals surface area contributed by atoms with E-state index in [1.165, 1.54) is 0 Å². The second-order valence-electron chi connectivity index (χ2n) is 7.74. The molecule has 0 fully saturated rings. The second kappa shape index (κ2) is 9.51. The molecule has 4 rings (SSSR count). The smallest absolute Gasteiger partial charge is 0.226 e. The molecule has 0 spiro atoms. The highest BCUT2D eigenvalue weighted by Crippen LogP contribution is 2.39. The first kappa shape index (κ1) is 22.1. The number of ether oxygens (including phenoxy) is 1. The van der Waals surface area contributed by atoms with Crippen molar-refractivity contribution >= 4 is 29.9 Å². The lowest BCUT2D eigenvalue weighted by Gasteiger charge is -2.38. The van der Waals surface area contributed by atoms with E-state index in [0.717, 1.165) is 29.0 Å². The first-order valence-corrected chi connectivity index (χ1v) is 9.79. The Morgan fingerprint density at radius 1 is 1.13 bits per heavy atom. The molecule has 2 aromatic carbocycles. The van der Waals surface area contributed by atoms with Crippen LogP contribution >= 0.6 is 24.0 Å². The van der Waals surface area contributed by atoms with Crippen molar-refractivity contribution in [2.45, 2.75) is 38.5 Å². The Kier molecular flexibility index (Phi) is 7.02. The Bertz CT molecular complexity index is 1000. The van der Waals surface area contributed by atoms with Gasteiger partial charge >= 0.3 is 0 Å². The van der Waals surface area contributed by atoms with Gasteiger partial charge in [0.25, 0.3) is 0 Å². The number of hydrogen-bond donors (Lipinski definition) is 2. The van der Waals surface area contributed by atoms with E-state index in [-0.39, 0.29) is 35.6 Å². The molecule has 0 saturated carbocycles. The molecule has 1 aliphatic heterocycles. The number of aromatic nitrogens is 1. The fourth-order valence-electron chi connectivity index (χ4n) is 3.57. The lowest BCUT2D eigenvalue weighted by atomic mass is 9.90. The number of guanidine groups is 1. The normalized spacial score (nSPS) is 17.3. The van der Waals surface area contributed by atoms with Gasteiger partial charge < -0.3 is 19.8 Å². The fourth-order valence-corrected chi connectivity index (χ4v) is 3.57. The lowest BCUT2D eigenvalue weighted by molar-refractivity contribution is 0.0694. The van der Waals surface area contributed by atoms with E-state index in [0.29, 0.717) is 18.4 Å². The molecule has 30 heavy (non-hydrogen) atoms. The maximum atomic E-state index is 6.12. The number of aliphatic imine (C=N–C) groups is 1. The van der Waals surface area contributed by atoms with Crippen LogP contribution in [-0.4, -0.2) is 23.6 Å². The standard InChI is InChI=1S/C23H26N4O2.HI/c1-23(2)13-19(18-11-7-8-12-20(18)29-23)27-22(24-3)25-14-17-15-28-21(26-17)16-9-5-4-6-10-16;/h4-12,15,19H,13-14H2,1-3H3,(H2,24,25,27);1H. The average Bonchev–Trinajstić information content (AvgIpc) is 3.20. The number of benzene rings is 2. The second-order valence-corrected chi connectivity index (χ2v) is 7.74. The first-order valence-electron chi connectivity index (χ1n) is 9.79. The number of halogens is 1. The van der Waals surface area contributed by atoms with E-state index in [2.05, 4.69) is 40.5 Å². The fraction of sp³-hybridized carbons (Fsp3) is 0.304. The third-order valence-corrected chi connectivity index (χ3v) is 4.92. The summed E-state index contributed by atoms with van der Waals surface area (Å²) >= 11 is 0. The van der Waals surface area contributed by atoms with Crippen molar-refractivity contribution < 1.29 is 9.15 Å².